The Morgan fingerprint density at radius 1 is 1.38 bits per heavy atom. The van der Waals surface area contributed by atoms with Crippen LogP contribution in [0.4, 0.5) is 0 Å². The first kappa shape index (κ1) is 18.7. The highest BCUT2D eigenvalue weighted by atomic mass is 35.5. The van der Waals surface area contributed by atoms with Gasteiger partial charge in [0.25, 0.3) is 5.56 Å². The number of nitrogens with one attached hydrogen (secondary N) is 1. The lowest BCUT2D eigenvalue weighted by molar-refractivity contribution is 0.240. The largest absolute Gasteiger partial charge is 0.503 e. The molecular weight excluding hydrogens is 354 g/mol. The molecule has 2 heterocycles. The van der Waals surface area contributed by atoms with Crippen LogP contribution in [-0.2, 0) is 24.9 Å². The van der Waals surface area contributed by atoms with Crippen LogP contribution in [0.5, 0.6) is 11.5 Å². The van der Waals surface area contributed by atoms with Gasteiger partial charge in [0.2, 0.25) is 0 Å². The van der Waals surface area contributed by atoms with Gasteiger partial charge in [-0.15, -0.1) is 0 Å². The second-order valence-electron chi connectivity index (χ2n) is 7.68. The van der Waals surface area contributed by atoms with Crippen LogP contribution in [0.3, 0.4) is 0 Å². The number of hydrogen-bond donors (Lipinski definition) is 2. The monoisotopic (exact) mass is 377 g/mol. The van der Waals surface area contributed by atoms with E-state index < -0.39 is 0 Å². The molecule has 1 aromatic carbocycles. The first-order valence-electron chi connectivity index (χ1n) is 8.59. The third-order valence-corrected chi connectivity index (χ3v) is 4.86. The Kier molecular flexibility index (Phi) is 4.99. The fourth-order valence-electron chi connectivity index (χ4n) is 3.10. The van der Waals surface area contributed by atoms with E-state index >= 15 is 0 Å². The number of aromatic amines is 1. The molecule has 0 atom stereocenters. The molecule has 2 aromatic rings. The van der Waals surface area contributed by atoms with Gasteiger partial charge in [-0.1, -0.05) is 32.4 Å². The van der Waals surface area contributed by atoms with E-state index in [2.05, 4.69) is 14.9 Å². The molecule has 0 fully saturated rings. The Morgan fingerprint density at radius 3 is 2.77 bits per heavy atom. The summed E-state index contributed by atoms with van der Waals surface area (Å²) in [7, 11) is 1.49. The number of nitrogens with zero attached hydrogens (tertiary/aromatic N) is 2. The Balaban J connectivity index is 1.83. The van der Waals surface area contributed by atoms with E-state index in [0.717, 1.165) is 35.6 Å². The van der Waals surface area contributed by atoms with Crippen LogP contribution in [-0.4, -0.2) is 33.6 Å². The standard InChI is InChI=1S/C19H24ClN3O3/c1-19(2,3)18-21-14-5-6-23(10-12(14)17(25)22-18)9-11-7-13(20)16(24)15(8-11)26-4/h7-8,24H,5-6,9-10H2,1-4H3,(H,21,22,25). The highest BCUT2D eigenvalue weighted by Gasteiger charge is 2.25. The molecule has 0 aliphatic carbocycles. The van der Waals surface area contributed by atoms with Crippen LogP contribution in [0.15, 0.2) is 16.9 Å². The number of ether oxygens (including phenoxy) is 1. The van der Waals surface area contributed by atoms with Crippen molar-refractivity contribution in [3.63, 3.8) is 0 Å². The second kappa shape index (κ2) is 6.93. The highest BCUT2D eigenvalue weighted by molar-refractivity contribution is 6.32. The third-order valence-electron chi connectivity index (χ3n) is 4.57. The molecule has 140 valence electrons. The van der Waals surface area contributed by atoms with Crippen molar-refractivity contribution in [3.8, 4) is 11.5 Å². The van der Waals surface area contributed by atoms with Crippen molar-refractivity contribution in [1.82, 2.24) is 14.9 Å². The van der Waals surface area contributed by atoms with Crippen LogP contribution in [0, 0.1) is 0 Å². The number of benzene rings is 1. The molecule has 1 aliphatic rings. The van der Waals surface area contributed by atoms with E-state index in [-0.39, 0.29) is 21.7 Å². The van der Waals surface area contributed by atoms with Gasteiger partial charge in [0.05, 0.1) is 23.4 Å². The predicted octanol–water partition coefficient (Wildman–Crippen LogP) is 2.99. The van der Waals surface area contributed by atoms with E-state index in [0.29, 0.717) is 18.8 Å². The molecule has 0 saturated carbocycles. The molecular formula is C19H24ClN3O3. The molecule has 1 aromatic heterocycles. The zero-order valence-electron chi connectivity index (χ0n) is 15.5. The van der Waals surface area contributed by atoms with Gasteiger partial charge in [0.1, 0.15) is 5.82 Å². The summed E-state index contributed by atoms with van der Waals surface area (Å²) in [6.07, 6.45) is 0.727. The van der Waals surface area contributed by atoms with Gasteiger partial charge in [0, 0.05) is 31.5 Å². The summed E-state index contributed by atoms with van der Waals surface area (Å²) in [4.78, 5) is 22.3. The van der Waals surface area contributed by atoms with E-state index in [4.69, 9.17) is 16.3 Å². The lowest BCUT2D eigenvalue weighted by Crippen LogP contribution is -2.37. The number of hydrogen-bond acceptors (Lipinski definition) is 5. The zero-order valence-corrected chi connectivity index (χ0v) is 16.3. The molecule has 26 heavy (non-hydrogen) atoms. The summed E-state index contributed by atoms with van der Waals surface area (Å²) >= 11 is 6.07. The minimum atomic E-state index is -0.190. The topological polar surface area (TPSA) is 78.5 Å². The molecule has 2 N–H and O–H groups in total. The van der Waals surface area contributed by atoms with Gasteiger partial charge in [0.15, 0.2) is 11.5 Å². The van der Waals surface area contributed by atoms with Crippen molar-refractivity contribution in [1.29, 1.82) is 0 Å². The summed E-state index contributed by atoms with van der Waals surface area (Å²) in [6.45, 7) is 8.05. The average Bonchev–Trinajstić information content (AvgIpc) is 2.57. The smallest absolute Gasteiger partial charge is 0.255 e. The first-order chi connectivity index (χ1) is 12.2. The minimum absolute atomic E-state index is 0.0581. The maximum atomic E-state index is 12.5. The van der Waals surface area contributed by atoms with Gasteiger partial charge in [-0.05, 0) is 17.7 Å². The molecule has 1 aliphatic heterocycles. The first-order valence-corrected chi connectivity index (χ1v) is 8.97. The number of phenolic OH excluding ortho intramolecular Hbond substituents is 1. The maximum Gasteiger partial charge on any atom is 0.255 e. The molecule has 3 rings (SSSR count). The fraction of sp³-hybridized carbons (Fsp3) is 0.474. The summed E-state index contributed by atoms with van der Waals surface area (Å²) in [5, 5.41) is 10.1. The van der Waals surface area contributed by atoms with Gasteiger partial charge in [-0.2, -0.15) is 0 Å². The van der Waals surface area contributed by atoms with Crippen molar-refractivity contribution in [3.05, 3.63) is 50.2 Å². The lowest BCUT2D eigenvalue weighted by Gasteiger charge is -2.29. The average molecular weight is 378 g/mol. The Morgan fingerprint density at radius 2 is 2.12 bits per heavy atom. The molecule has 0 bridgehead atoms. The van der Waals surface area contributed by atoms with Crippen LogP contribution in [0.1, 0.15) is 43.4 Å². The Labute approximate surface area is 157 Å². The minimum Gasteiger partial charge on any atom is -0.503 e. The quantitative estimate of drug-likeness (QED) is 0.859. The second-order valence-corrected chi connectivity index (χ2v) is 8.09. The predicted molar refractivity (Wildman–Crippen MR) is 101 cm³/mol. The Hall–Kier alpha value is -2.05. The number of H-pyrrole nitrogens is 1. The number of fused-ring (bicyclic) bond motifs is 1. The summed E-state index contributed by atoms with van der Waals surface area (Å²) in [5.41, 5.74) is 2.28. The molecule has 0 radical (unpaired) electrons. The Bertz CT molecular complexity index is 887. The van der Waals surface area contributed by atoms with Crippen molar-refractivity contribution < 1.29 is 9.84 Å². The zero-order chi connectivity index (χ0) is 19.1. The van der Waals surface area contributed by atoms with E-state index in [9.17, 15) is 9.90 Å². The van der Waals surface area contributed by atoms with Crippen molar-refractivity contribution in [2.75, 3.05) is 13.7 Å². The highest BCUT2D eigenvalue weighted by Crippen LogP contribution is 2.35. The summed E-state index contributed by atoms with van der Waals surface area (Å²) in [6, 6.07) is 3.49. The molecule has 0 saturated heterocycles. The summed E-state index contributed by atoms with van der Waals surface area (Å²) in [5.74, 6) is 1.02. The van der Waals surface area contributed by atoms with E-state index in [1.165, 1.54) is 7.11 Å². The molecule has 7 heteroatoms. The van der Waals surface area contributed by atoms with Gasteiger partial charge >= 0.3 is 0 Å². The number of rotatable bonds is 3. The number of phenols is 1. The van der Waals surface area contributed by atoms with Crippen LogP contribution >= 0.6 is 11.6 Å². The number of aromatic nitrogens is 2. The number of aromatic hydroxyl groups is 1. The lowest BCUT2D eigenvalue weighted by atomic mass is 9.95. The van der Waals surface area contributed by atoms with Crippen LogP contribution < -0.4 is 10.3 Å². The number of methoxy groups -OCH3 is 1. The molecule has 0 spiro atoms. The van der Waals surface area contributed by atoms with Crippen molar-refractivity contribution in [2.24, 2.45) is 0 Å². The van der Waals surface area contributed by atoms with Crippen molar-refractivity contribution >= 4 is 11.6 Å². The molecule has 0 amide bonds. The fourth-order valence-corrected chi connectivity index (χ4v) is 3.34. The third kappa shape index (κ3) is 3.71. The summed E-state index contributed by atoms with van der Waals surface area (Å²) < 4.78 is 5.16. The van der Waals surface area contributed by atoms with Crippen LogP contribution in [0.25, 0.3) is 0 Å². The molecule has 6 nitrogen and oxygen atoms in total. The van der Waals surface area contributed by atoms with Gasteiger partial charge < -0.3 is 14.8 Å². The van der Waals surface area contributed by atoms with E-state index in [1.807, 2.05) is 20.8 Å². The van der Waals surface area contributed by atoms with Crippen molar-refractivity contribution in [2.45, 2.75) is 45.7 Å². The SMILES string of the molecule is COc1cc(CN2CCc3nc(C(C)(C)C)[nH]c(=O)c3C2)cc(Cl)c1O. The normalized spacial score (nSPS) is 15.0. The van der Waals surface area contributed by atoms with Crippen LogP contribution in [0.2, 0.25) is 5.02 Å². The maximum absolute atomic E-state index is 12.5. The van der Waals surface area contributed by atoms with E-state index in [1.54, 1.807) is 12.1 Å². The number of halogens is 1. The van der Waals surface area contributed by atoms with Gasteiger partial charge in [-0.3, -0.25) is 9.69 Å². The van der Waals surface area contributed by atoms with Gasteiger partial charge in [-0.25, -0.2) is 4.98 Å². The molecule has 0 unspecified atom stereocenters.